The summed E-state index contributed by atoms with van der Waals surface area (Å²) < 4.78 is 5.90. The molecule has 0 saturated carbocycles. The van der Waals surface area contributed by atoms with E-state index in [2.05, 4.69) is 80.7 Å². The Hall–Kier alpha value is -2.50. The zero-order valence-corrected chi connectivity index (χ0v) is 18.4. The lowest BCUT2D eigenvalue weighted by atomic mass is 9.76. The molecule has 5 rings (SSSR count). The first-order valence-corrected chi connectivity index (χ1v) is 11.5. The van der Waals surface area contributed by atoms with E-state index >= 15 is 0 Å². The highest BCUT2D eigenvalue weighted by atomic mass is 16.4. The van der Waals surface area contributed by atoms with Crippen LogP contribution in [0.5, 0.6) is 0 Å². The molecule has 0 amide bonds. The molecule has 0 bridgehead atoms. The predicted molar refractivity (Wildman–Crippen MR) is 121 cm³/mol. The molecule has 1 spiro atoms. The molecule has 0 N–H and O–H groups in total. The van der Waals surface area contributed by atoms with Gasteiger partial charge in [-0.2, -0.15) is 0 Å². The number of hydrogen-bond donors (Lipinski definition) is 0. The number of piperidine rings is 1. The Morgan fingerprint density at radius 2 is 1.61 bits per heavy atom. The summed E-state index contributed by atoms with van der Waals surface area (Å²) in [6, 6.07) is 21.8. The minimum absolute atomic E-state index is 0.220. The van der Waals surface area contributed by atoms with Gasteiger partial charge in [0.15, 0.2) is 0 Å². The zero-order valence-electron chi connectivity index (χ0n) is 18.4. The van der Waals surface area contributed by atoms with Crippen LogP contribution in [0.4, 0.5) is 0 Å². The van der Waals surface area contributed by atoms with E-state index in [4.69, 9.17) is 4.42 Å². The summed E-state index contributed by atoms with van der Waals surface area (Å²) in [6.07, 6.45) is 4.75. The minimum atomic E-state index is 0.220. The maximum Gasteiger partial charge on any atom is 0.233 e. The van der Waals surface area contributed by atoms with Crippen LogP contribution < -0.4 is 0 Å². The van der Waals surface area contributed by atoms with E-state index in [0.717, 1.165) is 38.4 Å². The van der Waals surface area contributed by atoms with Crippen molar-refractivity contribution in [1.29, 1.82) is 0 Å². The molecule has 3 heterocycles. The van der Waals surface area contributed by atoms with Crippen LogP contribution in [-0.4, -0.2) is 46.2 Å². The Labute approximate surface area is 185 Å². The molecule has 0 radical (unpaired) electrons. The molecule has 2 fully saturated rings. The van der Waals surface area contributed by atoms with E-state index in [1.165, 1.54) is 37.1 Å². The monoisotopic (exact) mass is 416 g/mol. The largest absolute Gasteiger partial charge is 0.424 e. The maximum absolute atomic E-state index is 5.90. The number of hydrogen-bond acceptors (Lipinski definition) is 5. The van der Waals surface area contributed by atoms with Gasteiger partial charge in [0.2, 0.25) is 11.8 Å². The van der Waals surface area contributed by atoms with E-state index in [1.807, 2.05) is 6.92 Å². The first-order chi connectivity index (χ1) is 15.2. The summed E-state index contributed by atoms with van der Waals surface area (Å²) in [5, 5.41) is 8.53. The predicted octanol–water partition coefficient (Wildman–Crippen LogP) is 4.65. The van der Waals surface area contributed by atoms with E-state index in [0.29, 0.717) is 11.3 Å². The van der Waals surface area contributed by atoms with Crippen molar-refractivity contribution in [2.45, 2.75) is 45.2 Å². The van der Waals surface area contributed by atoms with Gasteiger partial charge in [0, 0.05) is 26.6 Å². The summed E-state index contributed by atoms with van der Waals surface area (Å²) in [4.78, 5) is 5.21. The second kappa shape index (κ2) is 8.93. The summed E-state index contributed by atoms with van der Waals surface area (Å²) in [5.41, 5.74) is 3.14. The molecule has 1 atom stereocenters. The van der Waals surface area contributed by atoms with Crippen LogP contribution >= 0.6 is 0 Å². The molecule has 1 aromatic heterocycles. The van der Waals surface area contributed by atoms with E-state index in [-0.39, 0.29) is 6.04 Å². The van der Waals surface area contributed by atoms with Crippen LogP contribution in [0.25, 0.3) is 0 Å². The molecule has 2 aromatic carbocycles. The third kappa shape index (κ3) is 4.73. The van der Waals surface area contributed by atoms with Crippen molar-refractivity contribution in [1.82, 2.24) is 20.0 Å². The van der Waals surface area contributed by atoms with Crippen LogP contribution in [0.3, 0.4) is 0 Å². The topological polar surface area (TPSA) is 45.4 Å². The Kier molecular flexibility index (Phi) is 5.88. The highest BCUT2D eigenvalue weighted by Gasteiger charge is 2.47. The van der Waals surface area contributed by atoms with Crippen LogP contribution in [0, 0.1) is 12.3 Å². The van der Waals surface area contributed by atoms with Crippen LogP contribution in [-0.2, 0) is 13.0 Å². The molecule has 1 unspecified atom stereocenters. The normalized spacial score (nSPS) is 21.6. The Balaban J connectivity index is 1.25. The number of likely N-dealkylation sites (tertiary alicyclic amines) is 2. The van der Waals surface area contributed by atoms with E-state index in [1.54, 1.807) is 0 Å². The number of nitrogens with zero attached hydrogens (tertiary/aromatic N) is 4. The van der Waals surface area contributed by atoms with Crippen LogP contribution in [0.2, 0.25) is 0 Å². The third-order valence-electron chi connectivity index (χ3n) is 7.14. The number of benzene rings is 2. The average Bonchev–Trinajstić information content (AvgIpc) is 3.38. The minimum Gasteiger partial charge on any atom is -0.424 e. The maximum atomic E-state index is 5.90. The number of aromatic nitrogens is 2. The summed E-state index contributed by atoms with van der Waals surface area (Å²) in [5.74, 6) is 1.45. The molecule has 3 aromatic rings. The van der Waals surface area contributed by atoms with Gasteiger partial charge in [0.05, 0.1) is 6.04 Å². The molecule has 162 valence electrons. The SMILES string of the molecule is Cc1nnc(C2CC3(CCN(CCc4ccccc4)CC3)CN2Cc2ccccc2)o1. The van der Waals surface area contributed by atoms with Crippen molar-refractivity contribution in [3.05, 3.63) is 83.6 Å². The highest BCUT2D eigenvalue weighted by molar-refractivity contribution is 5.17. The van der Waals surface area contributed by atoms with Crippen molar-refractivity contribution in [3.8, 4) is 0 Å². The van der Waals surface area contributed by atoms with Crippen molar-refractivity contribution in [2.24, 2.45) is 5.41 Å². The van der Waals surface area contributed by atoms with Gasteiger partial charge in [0.1, 0.15) is 0 Å². The molecule has 2 saturated heterocycles. The first-order valence-electron chi connectivity index (χ1n) is 11.5. The lowest BCUT2D eigenvalue weighted by molar-refractivity contribution is 0.107. The second-order valence-corrected chi connectivity index (χ2v) is 9.35. The summed E-state index contributed by atoms with van der Waals surface area (Å²) in [7, 11) is 0. The van der Waals surface area contributed by atoms with Crippen molar-refractivity contribution < 1.29 is 4.42 Å². The standard InChI is InChI=1S/C26H32N4O/c1-21-27-28-25(31-21)24-18-26(20-30(24)19-23-10-6-3-7-11-23)13-16-29(17-14-26)15-12-22-8-4-2-5-9-22/h2-11,24H,12-20H2,1H3. The number of aryl methyl sites for hydroxylation is 1. The van der Waals surface area contributed by atoms with E-state index in [9.17, 15) is 0 Å². The highest BCUT2D eigenvalue weighted by Crippen LogP contribution is 2.49. The quantitative estimate of drug-likeness (QED) is 0.585. The van der Waals surface area contributed by atoms with Crippen molar-refractivity contribution in [2.75, 3.05) is 26.2 Å². The fraction of sp³-hybridized carbons (Fsp3) is 0.462. The molecular weight excluding hydrogens is 384 g/mol. The number of rotatable bonds is 6. The van der Waals surface area contributed by atoms with E-state index < -0.39 is 0 Å². The third-order valence-corrected chi connectivity index (χ3v) is 7.14. The van der Waals surface area contributed by atoms with Gasteiger partial charge in [-0.25, -0.2) is 0 Å². The van der Waals surface area contributed by atoms with Gasteiger partial charge < -0.3 is 9.32 Å². The van der Waals surface area contributed by atoms with Crippen LogP contribution in [0.1, 0.15) is 48.2 Å². The van der Waals surface area contributed by atoms with Gasteiger partial charge in [0.25, 0.3) is 0 Å². The van der Waals surface area contributed by atoms with Gasteiger partial charge in [-0.05, 0) is 55.3 Å². The van der Waals surface area contributed by atoms with Gasteiger partial charge in [-0.3, -0.25) is 4.90 Å². The van der Waals surface area contributed by atoms with Gasteiger partial charge >= 0.3 is 0 Å². The Morgan fingerprint density at radius 3 is 2.26 bits per heavy atom. The van der Waals surface area contributed by atoms with Crippen molar-refractivity contribution >= 4 is 0 Å². The first kappa shape index (κ1) is 20.4. The Morgan fingerprint density at radius 1 is 0.935 bits per heavy atom. The Bertz CT molecular complexity index is 963. The van der Waals surface area contributed by atoms with Crippen LogP contribution in [0.15, 0.2) is 65.1 Å². The average molecular weight is 417 g/mol. The lowest BCUT2D eigenvalue weighted by Gasteiger charge is -2.39. The molecule has 2 aliphatic heterocycles. The van der Waals surface area contributed by atoms with Gasteiger partial charge in [-0.1, -0.05) is 60.7 Å². The fourth-order valence-electron chi connectivity index (χ4n) is 5.36. The molecule has 5 nitrogen and oxygen atoms in total. The molecule has 0 aliphatic carbocycles. The zero-order chi connectivity index (χ0) is 21.1. The molecule has 31 heavy (non-hydrogen) atoms. The molecular formula is C26H32N4O. The summed E-state index contributed by atoms with van der Waals surface area (Å²) in [6.45, 7) is 7.45. The smallest absolute Gasteiger partial charge is 0.233 e. The lowest BCUT2D eigenvalue weighted by Crippen LogP contribution is -2.42. The molecule has 2 aliphatic rings. The molecule has 5 heteroatoms. The fourth-order valence-corrected chi connectivity index (χ4v) is 5.36. The summed E-state index contributed by atoms with van der Waals surface area (Å²) >= 11 is 0. The van der Waals surface area contributed by atoms with Gasteiger partial charge in [-0.15, -0.1) is 10.2 Å². The second-order valence-electron chi connectivity index (χ2n) is 9.35. The van der Waals surface area contributed by atoms with Crippen molar-refractivity contribution in [3.63, 3.8) is 0 Å².